The topological polar surface area (TPSA) is 46.0 Å². The Morgan fingerprint density at radius 1 is 1.12 bits per heavy atom. The average molecular weight is 246 g/mol. The maximum Gasteiger partial charge on any atom is 0.115 e. The van der Waals surface area contributed by atoms with Crippen molar-refractivity contribution in [1.82, 2.24) is 9.97 Å². The summed E-state index contributed by atoms with van der Waals surface area (Å²) in [6.45, 7) is 2.12. The van der Waals surface area contributed by atoms with Gasteiger partial charge in [0.15, 0.2) is 0 Å². The zero-order valence-corrected chi connectivity index (χ0v) is 10.4. The van der Waals surface area contributed by atoms with Gasteiger partial charge in [0.1, 0.15) is 12.4 Å². The van der Waals surface area contributed by atoms with E-state index in [1.54, 1.807) is 24.2 Å². The van der Waals surface area contributed by atoms with Crippen LogP contribution in [-0.2, 0) is 0 Å². The van der Waals surface area contributed by atoms with Crippen LogP contribution >= 0.6 is 11.8 Å². The number of aliphatic hydroxyl groups is 1. The Hall–Kier alpha value is -1.39. The molecule has 88 valence electrons. The van der Waals surface area contributed by atoms with Gasteiger partial charge in [-0.2, -0.15) is 0 Å². The third kappa shape index (κ3) is 3.05. The summed E-state index contributed by atoms with van der Waals surface area (Å²) in [5, 5.41) is 10.1. The summed E-state index contributed by atoms with van der Waals surface area (Å²) in [5.74, 6) is 1.05. The maximum atomic E-state index is 10.1. The summed E-state index contributed by atoms with van der Waals surface area (Å²) < 4.78 is 0. The molecule has 0 aliphatic rings. The standard InChI is InChI=1S/C13H14N2OS/c1-2-17-12-5-3-10(4-6-12)13(16)11-7-14-9-15-8-11/h3-9,13,16H,2H2,1H3. The van der Waals surface area contributed by atoms with Crippen LogP contribution in [0.1, 0.15) is 24.2 Å². The second kappa shape index (κ2) is 5.80. The molecule has 0 aliphatic carbocycles. The largest absolute Gasteiger partial charge is 0.384 e. The van der Waals surface area contributed by atoms with Crippen LogP contribution in [0.2, 0.25) is 0 Å². The van der Waals surface area contributed by atoms with E-state index in [9.17, 15) is 5.11 Å². The molecule has 1 aromatic heterocycles. The van der Waals surface area contributed by atoms with Gasteiger partial charge in [0, 0.05) is 22.9 Å². The molecule has 4 heteroatoms. The Balaban J connectivity index is 2.17. The van der Waals surface area contributed by atoms with Crippen molar-refractivity contribution in [2.75, 3.05) is 5.75 Å². The summed E-state index contributed by atoms with van der Waals surface area (Å²) in [4.78, 5) is 9.02. The zero-order valence-electron chi connectivity index (χ0n) is 9.58. The van der Waals surface area contributed by atoms with Gasteiger partial charge in [-0.25, -0.2) is 9.97 Å². The summed E-state index contributed by atoms with van der Waals surface area (Å²) in [7, 11) is 0. The van der Waals surface area contributed by atoms with Crippen LogP contribution in [0.3, 0.4) is 0 Å². The quantitative estimate of drug-likeness (QED) is 0.842. The molecule has 0 amide bonds. The lowest BCUT2D eigenvalue weighted by molar-refractivity contribution is 0.219. The second-order valence-corrected chi connectivity index (χ2v) is 4.91. The molecule has 1 aromatic carbocycles. The minimum atomic E-state index is -0.656. The van der Waals surface area contributed by atoms with E-state index in [4.69, 9.17) is 0 Å². The molecule has 3 nitrogen and oxygen atoms in total. The van der Waals surface area contributed by atoms with Crippen molar-refractivity contribution in [3.63, 3.8) is 0 Å². The Labute approximate surface area is 105 Å². The van der Waals surface area contributed by atoms with Crippen LogP contribution in [0.25, 0.3) is 0 Å². The predicted molar refractivity (Wildman–Crippen MR) is 68.9 cm³/mol. The molecule has 0 saturated heterocycles. The van der Waals surface area contributed by atoms with Crippen LogP contribution in [0.4, 0.5) is 0 Å². The number of nitrogens with zero attached hydrogens (tertiary/aromatic N) is 2. The number of benzene rings is 1. The molecule has 1 unspecified atom stereocenters. The summed E-state index contributed by atoms with van der Waals surface area (Å²) in [6, 6.07) is 7.93. The van der Waals surface area contributed by atoms with E-state index in [2.05, 4.69) is 16.9 Å². The minimum absolute atomic E-state index is 0.656. The lowest BCUT2D eigenvalue weighted by Gasteiger charge is -2.10. The van der Waals surface area contributed by atoms with E-state index in [-0.39, 0.29) is 0 Å². The fourth-order valence-corrected chi connectivity index (χ4v) is 2.22. The first-order valence-corrected chi connectivity index (χ1v) is 6.45. The van der Waals surface area contributed by atoms with Gasteiger partial charge in [0.25, 0.3) is 0 Å². The molecule has 0 saturated carbocycles. The van der Waals surface area contributed by atoms with Crippen molar-refractivity contribution in [2.45, 2.75) is 17.9 Å². The molecule has 1 atom stereocenters. The van der Waals surface area contributed by atoms with Crippen LogP contribution in [0.15, 0.2) is 47.9 Å². The number of rotatable bonds is 4. The van der Waals surface area contributed by atoms with Gasteiger partial charge in [0.05, 0.1) is 0 Å². The first kappa shape index (κ1) is 12.1. The molecule has 17 heavy (non-hydrogen) atoms. The third-order valence-electron chi connectivity index (χ3n) is 2.40. The van der Waals surface area contributed by atoms with E-state index in [1.807, 2.05) is 24.3 Å². The fourth-order valence-electron chi connectivity index (χ4n) is 1.56. The highest BCUT2D eigenvalue weighted by Crippen LogP contribution is 2.24. The Bertz CT molecular complexity index is 459. The van der Waals surface area contributed by atoms with E-state index in [1.165, 1.54) is 11.2 Å². The van der Waals surface area contributed by atoms with Gasteiger partial charge in [-0.1, -0.05) is 19.1 Å². The smallest absolute Gasteiger partial charge is 0.115 e. The van der Waals surface area contributed by atoms with Crippen LogP contribution in [0.5, 0.6) is 0 Å². The van der Waals surface area contributed by atoms with Gasteiger partial charge in [-0.15, -0.1) is 11.8 Å². The fraction of sp³-hybridized carbons (Fsp3) is 0.231. The van der Waals surface area contributed by atoms with E-state index >= 15 is 0 Å². The highest BCUT2D eigenvalue weighted by molar-refractivity contribution is 7.99. The molecule has 0 aliphatic heterocycles. The Morgan fingerprint density at radius 3 is 2.35 bits per heavy atom. The molecule has 0 fully saturated rings. The first-order chi connectivity index (χ1) is 8.31. The van der Waals surface area contributed by atoms with E-state index in [0.717, 1.165) is 11.3 Å². The molecule has 2 aromatic rings. The third-order valence-corrected chi connectivity index (χ3v) is 3.30. The SMILES string of the molecule is CCSc1ccc(C(O)c2cncnc2)cc1. The predicted octanol–water partition coefficient (Wildman–Crippen LogP) is 2.67. The van der Waals surface area contributed by atoms with Gasteiger partial charge in [-0.3, -0.25) is 0 Å². The number of hydrogen-bond donors (Lipinski definition) is 1. The van der Waals surface area contributed by atoms with Crippen LogP contribution in [-0.4, -0.2) is 20.8 Å². The molecule has 2 rings (SSSR count). The van der Waals surface area contributed by atoms with E-state index < -0.39 is 6.10 Å². The summed E-state index contributed by atoms with van der Waals surface area (Å²) in [6.07, 6.45) is 4.06. The molecule has 0 spiro atoms. The van der Waals surface area contributed by atoms with Gasteiger partial charge >= 0.3 is 0 Å². The summed E-state index contributed by atoms with van der Waals surface area (Å²) >= 11 is 1.79. The second-order valence-electron chi connectivity index (χ2n) is 3.58. The van der Waals surface area contributed by atoms with Gasteiger partial charge in [-0.05, 0) is 23.4 Å². The molecule has 0 bridgehead atoms. The monoisotopic (exact) mass is 246 g/mol. The van der Waals surface area contributed by atoms with Crippen molar-refractivity contribution in [1.29, 1.82) is 0 Å². The van der Waals surface area contributed by atoms with Crippen molar-refractivity contribution in [3.8, 4) is 0 Å². The Kier molecular flexibility index (Phi) is 4.12. The van der Waals surface area contributed by atoms with Crippen LogP contribution < -0.4 is 0 Å². The number of hydrogen-bond acceptors (Lipinski definition) is 4. The average Bonchev–Trinajstić information content (AvgIpc) is 2.40. The van der Waals surface area contributed by atoms with Crippen molar-refractivity contribution in [3.05, 3.63) is 54.1 Å². The molecular weight excluding hydrogens is 232 g/mol. The maximum absolute atomic E-state index is 10.1. The summed E-state index contributed by atoms with van der Waals surface area (Å²) in [5.41, 5.74) is 1.57. The zero-order chi connectivity index (χ0) is 12.1. The van der Waals surface area contributed by atoms with Crippen molar-refractivity contribution < 1.29 is 5.11 Å². The van der Waals surface area contributed by atoms with E-state index in [0.29, 0.717) is 5.56 Å². The molecule has 0 radical (unpaired) electrons. The minimum Gasteiger partial charge on any atom is -0.384 e. The molecular formula is C13H14N2OS. The lowest BCUT2D eigenvalue weighted by atomic mass is 10.0. The first-order valence-electron chi connectivity index (χ1n) is 5.47. The van der Waals surface area contributed by atoms with Crippen molar-refractivity contribution >= 4 is 11.8 Å². The molecule has 1 heterocycles. The van der Waals surface area contributed by atoms with Crippen LogP contribution in [0, 0.1) is 0 Å². The number of aliphatic hydroxyl groups excluding tert-OH is 1. The van der Waals surface area contributed by atoms with Gasteiger partial charge < -0.3 is 5.11 Å². The highest BCUT2D eigenvalue weighted by atomic mass is 32.2. The van der Waals surface area contributed by atoms with Crippen molar-refractivity contribution in [2.24, 2.45) is 0 Å². The molecule has 1 N–H and O–H groups in total. The van der Waals surface area contributed by atoms with Gasteiger partial charge in [0.2, 0.25) is 0 Å². The Morgan fingerprint density at radius 2 is 1.76 bits per heavy atom. The lowest BCUT2D eigenvalue weighted by Crippen LogP contribution is -2.00. The highest BCUT2D eigenvalue weighted by Gasteiger charge is 2.10. The normalized spacial score (nSPS) is 12.4. The number of thioether (sulfide) groups is 1. The number of aromatic nitrogens is 2.